The normalized spacial score (nSPS) is 11.5. The van der Waals surface area contributed by atoms with Gasteiger partial charge in [-0.3, -0.25) is 0 Å². The Hall–Kier alpha value is -1.58. The summed E-state index contributed by atoms with van der Waals surface area (Å²) in [4.78, 5) is 0. The molecule has 0 saturated heterocycles. The first-order valence-corrected chi connectivity index (χ1v) is 8.46. The SMILES string of the molecule is CC(C)(C)CC(C)(C)c1cc(C=C(C#N)C#N)ccc1CBr. The minimum absolute atomic E-state index is 0.0185. The molecule has 0 atom stereocenters. The second-order valence-corrected chi connectivity index (χ2v) is 8.01. The molecule has 2 nitrogen and oxygen atoms in total. The zero-order valence-corrected chi connectivity index (χ0v) is 15.6. The fourth-order valence-corrected chi connectivity index (χ4v) is 3.60. The van der Waals surface area contributed by atoms with Gasteiger partial charge in [-0.15, -0.1) is 0 Å². The first-order valence-electron chi connectivity index (χ1n) is 7.34. The Morgan fingerprint density at radius 2 is 1.73 bits per heavy atom. The lowest BCUT2D eigenvalue weighted by atomic mass is 9.71. The summed E-state index contributed by atoms with van der Waals surface area (Å²) in [6.45, 7) is 11.2. The van der Waals surface area contributed by atoms with Crippen molar-refractivity contribution in [2.75, 3.05) is 0 Å². The number of hydrogen-bond acceptors (Lipinski definition) is 2. The Labute approximate surface area is 142 Å². The van der Waals surface area contributed by atoms with Crippen LogP contribution in [-0.4, -0.2) is 0 Å². The molecule has 0 spiro atoms. The first kappa shape index (κ1) is 18.5. The summed E-state index contributed by atoms with van der Waals surface area (Å²) in [7, 11) is 0. The molecule has 116 valence electrons. The second-order valence-electron chi connectivity index (χ2n) is 7.45. The number of halogens is 1. The lowest BCUT2D eigenvalue weighted by molar-refractivity contribution is 0.283. The summed E-state index contributed by atoms with van der Waals surface area (Å²) in [5.41, 5.74) is 3.80. The summed E-state index contributed by atoms with van der Waals surface area (Å²) in [6.07, 6.45) is 2.70. The molecule has 3 heteroatoms. The Morgan fingerprint density at radius 1 is 1.14 bits per heavy atom. The van der Waals surface area contributed by atoms with Crippen molar-refractivity contribution in [2.45, 2.75) is 51.8 Å². The van der Waals surface area contributed by atoms with E-state index in [9.17, 15) is 0 Å². The van der Waals surface area contributed by atoms with Crippen molar-refractivity contribution >= 4 is 22.0 Å². The number of nitrogens with zero attached hydrogens (tertiary/aromatic N) is 2. The zero-order chi connectivity index (χ0) is 17.0. The van der Waals surface area contributed by atoms with Crippen molar-refractivity contribution < 1.29 is 0 Å². The number of nitriles is 2. The van der Waals surface area contributed by atoms with Gasteiger partial charge in [0.25, 0.3) is 0 Å². The highest BCUT2D eigenvalue weighted by Crippen LogP contribution is 2.38. The highest BCUT2D eigenvalue weighted by atomic mass is 79.9. The first-order chi connectivity index (χ1) is 10.1. The van der Waals surface area contributed by atoms with Crippen LogP contribution in [0.5, 0.6) is 0 Å². The van der Waals surface area contributed by atoms with Gasteiger partial charge in [0.1, 0.15) is 17.7 Å². The van der Waals surface area contributed by atoms with Crippen LogP contribution in [0.15, 0.2) is 23.8 Å². The van der Waals surface area contributed by atoms with Gasteiger partial charge in [-0.25, -0.2) is 0 Å². The van der Waals surface area contributed by atoms with Crippen molar-refractivity contribution in [1.82, 2.24) is 0 Å². The Kier molecular flexibility index (Phi) is 5.98. The molecule has 0 amide bonds. The average Bonchev–Trinajstić information content (AvgIpc) is 2.42. The maximum Gasteiger partial charge on any atom is 0.130 e. The summed E-state index contributed by atoms with van der Waals surface area (Å²) < 4.78 is 0. The molecular weight excluding hydrogens is 336 g/mol. The maximum atomic E-state index is 8.92. The minimum Gasteiger partial charge on any atom is -0.192 e. The van der Waals surface area contributed by atoms with Gasteiger partial charge in [0.05, 0.1) is 0 Å². The van der Waals surface area contributed by atoms with Gasteiger partial charge < -0.3 is 0 Å². The Morgan fingerprint density at radius 3 is 2.18 bits per heavy atom. The molecule has 0 aliphatic rings. The van der Waals surface area contributed by atoms with Crippen molar-refractivity contribution in [3.05, 3.63) is 40.5 Å². The van der Waals surface area contributed by atoms with Gasteiger partial charge >= 0.3 is 0 Å². The molecule has 0 unspecified atom stereocenters. The van der Waals surface area contributed by atoms with Gasteiger partial charge in [0.2, 0.25) is 0 Å². The number of benzene rings is 1. The summed E-state index contributed by atoms with van der Waals surface area (Å²) in [5, 5.41) is 18.6. The van der Waals surface area contributed by atoms with Crippen LogP contribution < -0.4 is 0 Å². The molecule has 1 rings (SSSR count). The largest absolute Gasteiger partial charge is 0.192 e. The molecule has 0 aliphatic heterocycles. The van der Waals surface area contributed by atoms with Crippen molar-refractivity contribution in [3.63, 3.8) is 0 Å². The third-order valence-electron chi connectivity index (χ3n) is 3.53. The predicted molar refractivity (Wildman–Crippen MR) is 95.4 cm³/mol. The average molecular weight is 359 g/mol. The van der Waals surface area contributed by atoms with Crippen LogP contribution in [0, 0.1) is 28.1 Å². The predicted octanol–water partition coefficient (Wildman–Crippen LogP) is 5.73. The molecule has 0 radical (unpaired) electrons. The van der Waals surface area contributed by atoms with E-state index in [4.69, 9.17) is 10.5 Å². The quantitative estimate of drug-likeness (QED) is 0.509. The van der Waals surface area contributed by atoms with Crippen LogP contribution in [0.1, 0.15) is 57.7 Å². The summed E-state index contributed by atoms with van der Waals surface area (Å²) in [5.74, 6) is 0. The van der Waals surface area contributed by atoms with E-state index in [0.717, 1.165) is 17.3 Å². The van der Waals surface area contributed by atoms with E-state index in [-0.39, 0.29) is 16.4 Å². The summed E-state index contributed by atoms with van der Waals surface area (Å²) in [6, 6.07) is 9.98. The highest BCUT2D eigenvalue weighted by Gasteiger charge is 2.29. The lowest BCUT2D eigenvalue weighted by Crippen LogP contribution is -2.26. The fraction of sp³-hybridized carbons (Fsp3) is 0.474. The molecule has 0 aromatic heterocycles. The van der Waals surface area contributed by atoms with E-state index in [0.29, 0.717) is 0 Å². The standard InChI is InChI=1S/C19H23BrN2/c1-18(2,3)13-19(4,5)17-9-14(6-7-16(17)10-20)8-15(11-21)12-22/h6-9H,10,13H2,1-5H3. The number of rotatable bonds is 4. The third kappa shape index (κ3) is 5.00. The molecule has 22 heavy (non-hydrogen) atoms. The molecule has 1 aromatic carbocycles. The van der Waals surface area contributed by atoms with Crippen LogP contribution in [0.2, 0.25) is 0 Å². The topological polar surface area (TPSA) is 47.6 Å². The van der Waals surface area contributed by atoms with Crippen LogP contribution >= 0.6 is 15.9 Å². The monoisotopic (exact) mass is 358 g/mol. The van der Waals surface area contributed by atoms with E-state index < -0.39 is 0 Å². The third-order valence-corrected chi connectivity index (χ3v) is 4.14. The van der Waals surface area contributed by atoms with Gasteiger partial charge in [0.15, 0.2) is 0 Å². The van der Waals surface area contributed by atoms with Gasteiger partial charge in [-0.2, -0.15) is 10.5 Å². The number of alkyl halides is 1. The molecule has 0 bridgehead atoms. The fourth-order valence-electron chi connectivity index (χ4n) is 3.11. The molecular formula is C19H23BrN2. The van der Waals surface area contributed by atoms with E-state index in [1.165, 1.54) is 11.1 Å². The van der Waals surface area contributed by atoms with Gasteiger partial charge in [-0.1, -0.05) is 68.7 Å². The number of hydrogen-bond donors (Lipinski definition) is 0. The van der Waals surface area contributed by atoms with E-state index in [1.807, 2.05) is 18.2 Å². The molecule has 0 fully saturated rings. The van der Waals surface area contributed by atoms with Crippen molar-refractivity contribution in [3.8, 4) is 12.1 Å². The van der Waals surface area contributed by atoms with Gasteiger partial charge in [0, 0.05) is 5.33 Å². The lowest BCUT2D eigenvalue weighted by Gasteiger charge is -2.34. The number of allylic oxidation sites excluding steroid dienone is 1. The van der Waals surface area contributed by atoms with Crippen molar-refractivity contribution in [1.29, 1.82) is 10.5 Å². The molecule has 0 aliphatic carbocycles. The van der Waals surface area contributed by atoms with Crippen LogP contribution in [0.3, 0.4) is 0 Å². The maximum absolute atomic E-state index is 8.92. The highest BCUT2D eigenvalue weighted by molar-refractivity contribution is 9.08. The zero-order valence-electron chi connectivity index (χ0n) is 14.0. The minimum atomic E-state index is 0.0185. The Bertz CT molecular complexity index is 633. The van der Waals surface area contributed by atoms with Gasteiger partial charge in [-0.05, 0) is 40.0 Å². The van der Waals surface area contributed by atoms with E-state index in [2.05, 4.69) is 62.7 Å². The Balaban J connectivity index is 3.37. The van der Waals surface area contributed by atoms with E-state index >= 15 is 0 Å². The van der Waals surface area contributed by atoms with Crippen molar-refractivity contribution in [2.24, 2.45) is 5.41 Å². The molecule has 0 heterocycles. The van der Waals surface area contributed by atoms with Crippen LogP contribution in [-0.2, 0) is 10.7 Å². The molecule has 1 aromatic rings. The van der Waals surface area contributed by atoms with Crippen LogP contribution in [0.4, 0.5) is 0 Å². The second kappa shape index (κ2) is 7.12. The summed E-state index contributed by atoms with van der Waals surface area (Å²) >= 11 is 3.56. The smallest absolute Gasteiger partial charge is 0.130 e. The van der Waals surface area contributed by atoms with Crippen LogP contribution in [0.25, 0.3) is 6.08 Å². The molecule has 0 N–H and O–H groups in total. The van der Waals surface area contributed by atoms with E-state index in [1.54, 1.807) is 6.08 Å². The molecule has 0 saturated carbocycles.